The number of nitrogens with zero attached hydrogens (tertiary/aromatic N) is 3. The SMILES string of the molecule is C#CC[N+](C)(C)CC(=O)O[C@@H]1OC[C@@H](OC(C)=O)[C@H](OC(C)=O)[C@H]1OC(C)=O.C#CC[N+](C)(C)CC(=O)O[C@@H]1OC[C@H](OC(C)=O)[C@H](OC(C)=O)[C@H]1OC(C)=O.C#CC[N+](C)(C)CCO[C@@H]1OC[C@H](OC(C)=O)[C@H](OC(C)=O)[C@H]1OC(C)=O. The van der Waals surface area contributed by atoms with Crippen molar-refractivity contribution in [2.24, 2.45) is 0 Å². The standard InChI is InChI=1S/2C18H26NO9.C18H28NO8/c2*1-7-8-19(5,6)9-15(23)28-18-17(27-13(4)22)16(26-12(3)21)14(10-24-18)25-11(2)20;1-7-8-19(5,6)9-10-23-18-17(27-14(4)22)16(26-13(3)21)15(11-24-18)25-12(2)20/h2*1,14,16-18H,8-10H2,2-6H3;1,15-18H,8-11H2,2-6H3/q3*+1/t14-,16+,17-,18+;14-,16-,17+,18-;15-,16-,17+,18+/m100/s1. The smallest absolute Gasteiger partial charge is 0.364 e. The van der Waals surface area contributed by atoms with E-state index in [-0.39, 0.29) is 48.5 Å². The van der Waals surface area contributed by atoms with Crippen molar-refractivity contribution in [3.05, 3.63) is 0 Å². The van der Waals surface area contributed by atoms with Gasteiger partial charge in [-0.05, 0) is 17.8 Å². The fraction of sp³-hybridized carbons (Fsp3) is 0.685. The lowest BCUT2D eigenvalue weighted by atomic mass is 10.0. The van der Waals surface area contributed by atoms with Crippen molar-refractivity contribution >= 4 is 65.7 Å². The number of carbonyl (C=O) groups is 11. The molecule has 3 aliphatic heterocycles. The number of likely N-dealkylation sites (N-methyl/N-ethyl adjacent to an activating group) is 3. The number of quaternary nitrogens is 3. The van der Waals surface area contributed by atoms with Crippen LogP contribution in [-0.4, -0.2) is 261 Å². The average molecular weight is 1190 g/mol. The molecule has 83 heavy (non-hydrogen) atoms. The fourth-order valence-corrected chi connectivity index (χ4v) is 7.85. The molecule has 3 heterocycles. The number of esters is 11. The van der Waals surface area contributed by atoms with Crippen molar-refractivity contribution in [2.75, 3.05) is 108 Å². The lowest BCUT2D eigenvalue weighted by Gasteiger charge is -2.40. The van der Waals surface area contributed by atoms with Crippen molar-refractivity contribution in [1.29, 1.82) is 0 Å². The molecule has 12 atom stereocenters. The molecule has 0 saturated carbocycles. The molecule has 0 aromatic rings. The lowest BCUT2D eigenvalue weighted by Crippen LogP contribution is -2.59. The topological polar surface area (TPSA) is 326 Å². The molecule has 3 aliphatic rings. The van der Waals surface area contributed by atoms with Gasteiger partial charge in [-0.2, -0.15) is 0 Å². The van der Waals surface area contributed by atoms with E-state index in [4.69, 9.17) is 90.3 Å². The molecule has 464 valence electrons. The van der Waals surface area contributed by atoms with Crippen molar-refractivity contribution in [2.45, 2.75) is 136 Å². The van der Waals surface area contributed by atoms with Gasteiger partial charge in [0, 0.05) is 62.3 Å². The highest BCUT2D eigenvalue weighted by Gasteiger charge is 2.51. The minimum Gasteiger partial charge on any atom is -0.456 e. The lowest BCUT2D eigenvalue weighted by molar-refractivity contribution is -0.883. The van der Waals surface area contributed by atoms with Crippen molar-refractivity contribution in [3.8, 4) is 37.0 Å². The fourth-order valence-electron chi connectivity index (χ4n) is 7.85. The van der Waals surface area contributed by atoms with E-state index in [1.165, 1.54) is 34.6 Å². The second-order valence-corrected chi connectivity index (χ2v) is 20.8. The van der Waals surface area contributed by atoms with Gasteiger partial charge < -0.3 is 84.5 Å². The summed E-state index contributed by atoms with van der Waals surface area (Å²) in [7, 11) is 10.9. The Kier molecular flexibility index (Phi) is 30.9. The normalized spacial score (nSPS) is 24.7. The van der Waals surface area contributed by atoms with Gasteiger partial charge in [-0.3, -0.25) is 43.2 Å². The maximum absolute atomic E-state index is 12.3. The number of hydrogen-bond donors (Lipinski definition) is 0. The van der Waals surface area contributed by atoms with Crippen LogP contribution in [0, 0.1) is 37.0 Å². The predicted octanol–water partition coefficient (Wildman–Crippen LogP) is -1.35. The van der Waals surface area contributed by atoms with Crippen LogP contribution in [0.3, 0.4) is 0 Å². The molecule has 0 aromatic carbocycles. The van der Waals surface area contributed by atoms with E-state index in [9.17, 15) is 52.7 Å². The maximum atomic E-state index is 12.3. The molecular weight excluding hydrogens is 1110 g/mol. The third-order valence-corrected chi connectivity index (χ3v) is 11.1. The number of hydrogen-bond acceptors (Lipinski definition) is 26. The Labute approximate surface area is 482 Å². The van der Waals surface area contributed by atoms with Gasteiger partial charge in [-0.25, -0.2) is 9.59 Å². The third kappa shape index (κ3) is 28.9. The molecular formula is C54H80N3O26+3. The summed E-state index contributed by atoms with van der Waals surface area (Å²) in [6.45, 7) is 11.8. The molecule has 0 bridgehead atoms. The summed E-state index contributed by atoms with van der Waals surface area (Å²) in [5.74, 6) is 0.286. The number of terminal acetylenes is 3. The first kappa shape index (κ1) is 73.6. The van der Waals surface area contributed by atoms with Crippen LogP contribution >= 0.6 is 0 Å². The van der Waals surface area contributed by atoms with Crippen molar-refractivity contribution in [1.82, 2.24) is 0 Å². The minimum atomic E-state index is -1.35. The Bertz CT molecular complexity index is 2290. The van der Waals surface area contributed by atoms with Crippen LogP contribution in [-0.2, 0) is 124 Å². The molecule has 0 N–H and O–H groups in total. The van der Waals surface area contributed by atoms with Gasteiger partial charge in [0.15, 0.2) is 62.1 Å². The quantitative estimate of drug-likeness (QED) is 0.0523. The highest BCUT2D eigenvalue weighted by molar-refractivity contribution is 5.73. The summed E-state index contributed by atoms with van der Waals surface area (Å²) in [5.41, 5.74) is 0. The Morgan fingerprint density at radius 1 is 0.361 bits per heavy atom. The number of carbonyl (C=O) groups excluding carboxylic acids is 11. The number of ether oxygens (including phenoxy) is 15. The van der Waals surface area contributed by atoms with Crippen LogP contribution in [0.15, 0.2) is 0 Å². The summed E-state index contributed by atoms with van der Waals surface area (Å²) in [5, 5.41) is 0. The van der Waals surface area contributed by atoms with Gasteiger partial charge >= 0.3 is 65.7 Å². The van der Waals surface area contributed by atoms with Gasteiger partial charge in [0.2, 0.25) is 24.8 Å². The van der Waals surface area contributed by atoms with E-state index in [0.29, 0.717) is 30.7 Å². The highest BCUT2D eigenvalue weighted by Crippen LogP contribution is 2.28. The molecule has 0 aliphatic carbocycles. The first-order valence-electron chi connectivity index (χ1n) is 25.6. The summed E-state index contributed by atoms with van der Waals surface area (Å²) in [6, 6.07) is 0. The molecule has 0 unspecified atom stereocenters. The Balaban J connectivity index is 0.000000623. The van der Waals surface area contributed by atoms with Gasteiger partial charge in [-0.1, -0.05) is 0 Å². The largest absolute Gasteiger partial charge is 0.456 e. The van der Waals surface area contributed by atoms with Gasteiger partial charge in [-0.15, -0.1) is 19.3 Å². The summed E-state index contributed by atoms with van der Waals surface area (Å²) in [6.07, 6.45) is 2.11. The van der Waals surface area contributed by atoms with Crippen LogP contribution in [0.5, 0.6) is 0 Å². The molecule has 3 saturated heterocycles. The zero-order valence-corrected chi connectivity index (χ0v) is 49.7. The van der Waals surface area contributed by atoms with Crippen molar-refractivity contribution in [3.63, 3.8) is 0 Å². The zero-order valence-electron chi connectivity index (χ0n) is 49.7. The monoisotopic (exact) mass is 1190 g/mol. The van der Waals surface area contributed by atoms with Crippen LogP contribution in [0.4, 0.5) is 0 Å². The third-order valence-electron chi connectivity index (χ3n) is 11.1. The summed E-state index contributed by atoms with van der Waals surface area (Å²) < 4.78 is 80.1. The Morgan fingerprint density at radius 2 is 0.602 bits per heavy atom. The van der Waals surface area contributed by atoms with E-state index in [2.05, 4.69) is 17.8 Å². The van der Waals surface area contributed by atoms with E-state index in [1.807, 2.05) is 14.1 Å². The predicted molar refractivity (Wildman–Crippen MR) is 279 cm³/mol. The average Bonchev–Trinajstić information content (AvgIpc) is 3.48. The maximum Gasteiger partial charge on any atom is 0.364 e. The van der Waals surface area contributed by atoms with Crippen molar-refractivity contribution < 1.29 is 137 Å². The zero-order chi connectivity index (χ0) is 63.6. The van der Waals surface area contributed by atoms with Gasteiger partial charge in [0.1, 0.15) is 26.2 Å². The second kappa shape index (κ2) is 34.9. The summed E-state index contributed by atoms with van der Waals surface area (Å²) >= 11 is 0. The summed E-state index contributed by atoms with van der Waals surface area (Å²) in [4.78, 5) is 128. The molecule has 29 nitrogen and oxygen atoms in total. The minimum absolute atomic E-state index is 0.0669. The molecule has 0 aromatic heterocycles. The van der Waals surface area contributed by atoms with Crippen LogP contribution in [0.1, 0.15) is 62.3 Å². The second-order valence-electron chi connectivity index (χ2n) is 20.8. The molecule has 0 radical (unpaired) electrons. The molecule has 0 amide bonds. The van der Waals surface area contributed by atoms with Gasteiger partial charge in [0.25, 0.3) is 0 Å². The molecule has 3 fully saturated rings. The Hall–Kier alpha value is -7.43. The molecule has 0 spiro atoms. The van der Waals surface area contributed by atoms with E-state index in [1.54, 1.807) is 28.2 Å². The van der Waals surface area contributed by atoms with Crippen LogP contribution in [0.2, 0.25) is 0 Å². The molecule has 3 rings (SSSR count). The van der Waals surface area contributed by atoms with E-state index in [0.717, 1.165) is 27.7 Å². The Morgan fingerprint density at radius 3 is 0.867 bits per heavy atom. The highest BCUT2D eigenvalue weighted by atomic mass is 16.8. The van der Waals surface area contributed by atoms with E-state index < -0.39 is 139 Å². The number of rotatable bonds is 22. The van der Waals surface area contributed by atoms with Crippen LogP contribution in [0.25, 0.3) is 0 Å². The first-order chi connectivity index (χ1) is 38.4. The van der Waals surface area contributed by atoms with Gasteiger partial charge in [0.05, 0.1) is 68.7 Å². The first-order valence-corrected chi connectivity index (χ1v) is 25.6. The van der Waals surface area contributed by atoms with Crippen LogP contribution < -0.4 is 0 Å². The van der Waals surface area contributed by atoms with E-state index >= 15 is 0 Å². The molecule has 29 heteroatoms.